The molecule has 2 fully saturated rings. The number of rotatable bonds is 4. The van der Waals surface area contributed by atoms with Gasteiger partial charge in [-0.2, -0.15) is 0 Å². The van der Waals surface area contributed by atoms with Crippen molar-refractivity contribution in [2.75, 3.05) is 19.6 Å². The molecular formula is C11H16N2O4. The second kappa shape index (κ2) is 4.73. The molecule has 0 spiro atoms. The fraction of sp³-hybridized carbons (Fsp3) is 0.727. The van der Waals surface area contributed by atoms with E-state index in [9.17, 15) is 14.4 Å². The van der Waals surface area contributed by atoms with Gasteiger partial charge in [-0.1, -0.05) is 0 Å². The quantitative estimate of drug-likeness (QED) is 0.730. The van der Waals surface area contributed by atoms with Gasteiger partial charge >= 0.3 is 5.97 Å². The molecule has 6 nitrogen and oxygen atoms in total. The molecule has 94 valence electrons. The molecule has 2 saturated heterocycles. The molecule has 0 aliphatic carbocycles. The van der Waals surface area contributed by atoms with Crippen molar-refractivity contribution >= 4 is 17.8 Å². The minimum atomic E-state index is -0.872. The first-order valence-electron chi connectivity index (χ1n) is 5.89. The third kappa shape index (κ3) is 2.40. The molecule has 0 aromatic heterocycles. The zero-order valence-corrected chi connectivity index (χ0v) is 9.59. The molecule has 6 heteroatoms. The predicted molar refractivity (Wildman–Crippen MR) is 58.2 cm³/mol. The summed E-state index contributed by atoms with van der Waals surface area (Å²) < 4.78 is 0. The number of hydrogen-bond donors (Lipinski definition) is 1. The molecule has 2 aliphatic heterocycles. The maximum Gasteiger partial charge on any atom is 0.303 e. The number of fused-ring (bicyclic) bond motifs is 1. The first-order chi connectivity index (χ1) is 8.09. The van der Waals surface area contributed by atoms with Crippen LogP contribution in [0.1, 0.15) is 25.7 Å². The van der Waals surface area contributed by atoms with E-state index in [1.807, 2.05) is 0 Å². The van der Waals surface area contributed by atoms with Crippen LogP contribution in [0.2, 0.25) is 0 Å². The van der Waals surface area contributed by atoms with E-state index in [0.717, 1.165) is 12.8 Å². The van der Waals surface area contributed by atoms with Gasteiger partial charge in [-0.15, -0.1) is 0 Å². The standard InChI is InChI=1S/C11H16N2O4/c14-9-7-12(5-2-4-10(15)16)11(17)8-3-1-6-13(8)9/h8H,1-7H2,(H,15,16). The first-order valence-corrected chi connectivity index (χ1v) is 5.89. The predicted octanol–water partition coefficient (Wildman–Crippen LogP) is -0.316. The van der Waals surface area contributed by atoms with Crippen molar-refractivity contribution in [3.8, 4) is 0 Å². The van der Waals surface area contributed by atoms with E-state index in [1.54, 1.807) is 4.90 Å². The largest absolute Gasteiger partial charge is 0.481 e. The summed E-state index contributed by atoms with van der Waals surface area (Å²) in [7, 11) is 0. The molecular weight excluding hydrogens is 224 g/mol. The lowest BCUT2D eigenvalue weighted by atomic mass is 10.1. The van der Waals surface area contributed by atoms with E-state index in [4.69, 9.17) is 5.11 Å². The Kier molecular flexibility index (Phi) is 3.31. The summed E-state index contributed by atoms with van der Waals surface area (Å²) in [5, 5.41) is 8.53. The zero-order chi connectivity index (χ0) is 12.4. The molecule has 0 saturated carbocycles. The minimum absolute atomic E-state index is 0.0116. The Balaban J connectivity index is 1.92. The highest BCUT2D eigenvalue weighted by molar-refractivity contribution is 5.95. The maximum atomic E-state index is 12.0. The van der Waals surface area contributed by atoms with Crippen LogP contribution in [0.5, 0.6) is 0 Å². The molecule has 2 amide bonds. The van der Waals surface area contributed by atoms with Crippen molar-refractivity contribution < 1.29 is 19.5 Å². The molecule has 0 aromatic carbocycles. The van der Waals surface area contributed by atoms with Crippen LogP contribution in [0.3, 0.4) is 0 Å². The number of hydrogen-bond acceptors (Lipinski definition) is 3. The topological polar surface area (TPSA) is 77.9 Å². The Morgan fingerprint density at radius 1 is 1.41 bits per heavy atom. The third-order valence-electron chi connectivity index (χ3n) is 3.31. The minimum Gasteiger partial charge on any atom is -0.481 e. The summed E-state index contributed by atoms with van der Waals surface area (Å²) in [5.41, 5.74) is 0. The van der Waals surface area contributed by atoms with Crippen molar-refractivity contribution in [3.63, 3.8) is 0 Å². The smallest absolute Gasteiger partial charge is 0.303 e. The Bertz CT molecular complexity index is 355. The average molecular weight is 240 g/mol. The number of aliphatic carboxylic acids is 1. The lowest BCUT2D eigenvalue weighted by Crippen LogP contribution is -2.57. The van der Waals surface area contributed by atoms with Crippen LogP contribution in [-0.2, 0) is 14.4 Å². The maximum absolute atomic E-state index is 12.0. The lowest BCUT2D eigenvalue weighted by Gasteiger charge is -2.36. The van der Waals surface area contributed by atoms with Crippen LogP contribution < -0.4 is 0 Å². The summed E-state index contributed by atoms with van der Waals surface area (Å²) >= 11 is 0. The van der Waals surface area contributed by atoms with Crippen LogP contribution in [0.4, 0.5) is 0 Å². The molecule has 2 aliphatic rings. The fourth-order valence-electron chi connectivity index (χ4n) is 2.48. The normalized spacial score (nSPS) is 24.1. The van der Waals surface area contributed by atoms with Gasteiger partial charge in [0, 0.05) is 19.5 Å². The van der Waals surface area contributed by atoms with E-state index >= 15 is 0 Å². The monoisotopic (exact) mass is 240 g/mol. The Hall–Kier alpha value is -1.59. The highest BCUT2D eigenvalue weighted by Gasteiger charge is 2.41. The second-order valence-corrected chi connectivity index (χ2v) is 4.50. The molecule has 1 N–H and O–H groups in total. The second-order valence-electron chi connectivity index (χ2n) is 4.50. The molecule has 1 atom stereocenters. The van der Waals surface area contributed by atoms with Gasteiger partial charge in [0.2, 0.25) is 11.8 Å². The van der Waals surface area contributed by atoms with E-state index in [-0.39, 0.29) is 30.8 Å². The van der Waals surface area contributed by atoms with E-state index in [0.29, 0.717) is 19.5 Å². The summed E-state index contributed by atoms with van der Waals surface area (Å²) in [5.74, 6) is -0.904. The molecule has 0 radical (unpaired) electrons. The molecule has 2 heterocycles. The number of carboxylic acid groups (broad SMARTS) is 1. The summed E-state index contributed by atoms with van der Waals surface area (Å²) in [4.78, 5) is 37.3. The van der Waals surface area contributed by atoms with Crippen molar-refractivity contribution in [1.29, 1.82) is 0 Å². The Labute approximate surface area is 99.2 Å². The van der Waals surface area contributed by atoms with Crippen molar-refractivity contribution in [2.45, 2.75) is 31.7 Å². The molecule has 0 bridgehead atoms. The van der Waals surface area contributed by atoms with Gasteiger partial charge in [0.25, 0.3) is 0 Å². The van der Waals surface area contributed by atoms with Crippen LogP contribution in [0, 0.1) is 0 Å². The van der Waals surface area contributed by atoms with Gasteiger partial charge in [-0.25, -0.2) is 0 Å². The fourth-order valence-corrected chi connectivity index (χ4v) is 2.48. The van der Waals surface area contributed by atoms with Gasteiger partial charge < -0.3 is 14.9 Å². The third-order valence-corrected chi connectivity index (χ3v) is 3.31. The van der Waals surface area contributed by atoms with Crippen LogP contribution in [0.15, 0.2) is 0 Å². The van der Waals surface area contributed by atoms with Gasteiger partial charge in [0.15, 0.2) is 0 Å². The van der Waals surface area contributed by atoms with E-state index < -0.39 is 5.97 Å². The number of carboxylic acids is 1. The van der Waals surface area contributed by atoms with E-state index in [2.05, 4.69) is 0 Å². The van der Waals surface area contributed by atoms with E-state index in [1.165, 1.54) is 4.90 Å². The highest BCUT2D eigenvalue weighted by atomic mass is 16.4. The number of nitrogens with zero attached hydrogens (tertiary/aromatic N) is 2. The highest BCUT2D eigenvalue weighted by Crippen LogP contribution is 2.23. The number of carbonyl (C=O) groups excluding carboxylic acids is 2. The van der Waals surface area contributed by atoms with Crippen LogP contribution >= 0.6 is 0 Å². The zero-order valence-electron chi connectivity index (χ0n) is 9.59. The average Bonchev–Trinajstić information content (AvgIpc) is 2.74. The van der Waals surface area contributed by atoms with Gasteiger partial charge in [0.05, 0.1) is 6.54 Å². The van der Waals surface area contributed by atoms with Crippen molar-refractivity contribution in [3.05, 3.63) is 0 Å². The van der Waals surface area contributed by atoms with Crippen molar-refractivity contribution in [1.82, 2.24) is 9.80 Å². The lowest BCUT2D eigenvalue weighted by molar-refractivity contribution is -0.153. The Morgan fingerprint density at radius 2 is 2.18 bits per heavy atom. The summed E-state index contributed by atoms with van der Waals surface area (Å²) in [6, 6.07) is -0.291. The summed E-state index contributed by atoms with van der Waals surface area (Å²) in [6.45, 7) is 1.15. The SMILES string of the molecule is O=C(O)CCCN1CC(=O)N2CCCC2C1=O. The molecule has 0 aromatic rings. The van der Waals surface area contributed by atoms with Crippen LogP contribution in [-0.4, -0.2) is 58.4 Å². The Morgan fingerprint density at radius 3 is 2.88 bits per heavy atom. The molecule has 1 unspecified atom stereocenters. The molecule has 17 heavy (non-hydrogen) atoms. The first kappa shape index (κ1) is 11.9. The van der Waals surface area contributed by atoms with Crippen molar-refractivity contribution in [2.24, 2.45) is 0 Å². The molecule has 2 rings (SSSR count). The van der Waals surface area contributed by atoms with Gasteiger partial charge in [-0.05, 0) is 19.3 Å². The number of piperazine rings is 1. The van der Waals surface area contributed by atoms with Gasteiger partial charge in [-0.3, -0.25) is 14.4 Å². The van der Waals surface area contributed by atoms with Gasteiger partial charge in [0.1, 0.15) is 6.04 Å². The summed E-state index contributed by atoms with van der Waals surface area (Å²) in [6.07, 6.45) is 2.05. The van der Waals surface area contributed by atoms with Crippen LogP contribution in [0.25, 0.3) is 0 Å². The number of carbonyl (C=O) groups is 3. The number of amides is 2.